The molecule has 0 radical (unpaired) electrons. The number of amides is 1. The van der Waals surface area contributed by atoms with Crippen LogP contribution >= 0.6 is 0 Å². The Bertz CT molecular complexity index is 1400. The summed E-state index contributed by atoms with van der Waals surface area (Å²) in [6.45, 7) is 7.45. The fourth-order valence-corrected chi connectivity index (χ4v) is 7.35. The molecule has 1 amide bonds. The molecule has 3 aliphatic heterocycles. The Morgan fingerprint density at radius 3 is 2.36 bits per heavy atom. The van der Waals surface area contributed by atoms with E-state index in [1.165, 1.54) is 0 Å². The topological polar surface area (TPSA) is 118 Å². The molecule has 0 unspecified atom stereocenters. The number of nitrogens with one attached hydrogen (secondary N) is 2. The van der Waals surface area contributed by atoms with Gasteiger partial charge in [-0.15, -0.1) is 0 Å². The first-order chi connectivity index (χ1) is 19.8. The number of hydrogen-bond donors (Lipinski definition) is 3. The van der Waals surface area contributed by atoms with E-state index in [1.807, 2.05) is 4.90 Å². The van der Waals surface area contributed by atoms with Crippen LogP contribution in [0.3, 0.4) is 0 Å². The lowest BCUT2D eigenvalue weighted by Gasteiger charge is -2.44. The van der Waals surface area contributed by atoms with Crippen LogP contribution < -0.4 is 19.8 Å². The quantitative estimate of drug-likeness (QED) is 0.396. The second kappa shape index (κ2) is 11.9. The van der Waals surface area contributed by atoms with Gasteiger partial charge in [-0.3, -0.25) is 14.4 Å². The number of carbonyl (C=O) groups excluding carboxylic acids is 1. The summed E-state index contributed by atoms with van der Waals surface area (Å²) in [5.74, 6) is -2.93. The number of fused-ring (bicyclic) bond motifs is 2. The van der Waals surface area contributed by atoms with Crippen LogP contribution in [0.15, 0.2) is 30.3 Å². The predicted molar refractivity (Wildman–Crippen MR) is 160 cm³/mol. The highest BCUT2D eigenvalue weighted by atomic mass is 32.2. The van der Waals surface area contributed by atoms with Crippen molar-refractivity contribution in [1.82, 2.24) is 9.88 Å². The van der Waals surface area contributed by atoms with Crippen molar-refractivity contribution in [3.63, 3.8) is 0 Å². The third-order valence-corrected chi connectivity index (χ3v) is 9.63. The van der Waals surface area contributed by atoms with Crippen molar-refractivity contribution in [1.29, 1.82) is 0 Å². The van der Waals surface area contributed by atoms with Gasteiger partial charge in [0, 0.05) is 74.6 Å². The van der Waals surface area contributed by atoms with Crippen molar-refractivity contribution >= 4 is 38.8 Å². The number of pyridine rings is 1. The summed E-state index contributed by atoms with van der Waals surface area (Å²) in [4.78, 5) is 24.8. The van der Waals surface area contributed by atoms with Gasteiger partial charge < -0.3 is 20.2 Å². The number of piperidine rings is 1. The van der Waals surface area contributed by atoms with Gasteiger partial charge in [-0.1, -0.05) is 0 Å². The lowest BCUT2D eigenvalue weighted by Crippen LogP contribution is -2.56. The summed E-state index contributed by atoms with van der Waals surface area (Å²) in [6, 6.07) is 9.34. The van der Waals surface area contributed by atoms with E-state index in [0.29, 0.717) is 65.4 Å². The second-order valence-electron chi connectivity index (χ2n) is 11.9. The number of alkyl halides is 2. The van der Waals surface area contributed by atoms with Crippen LogP contribution in [0.5, 0.6) is 0 Å². The van der Waals surface area contributed by atoms with E-state index in [1.54, 1.807) is 37.3 Å². The van der Waals surface area contributed by atoms with Crippen LogP contribution in [0.2, 0.25) is 0 Å². The normalized spacial score (nSPS) is 22.5. The van der Waals surface area contributed by atoms with Gasteiger partial charge in [-0.2, -0.15) is 0 Å². The van der Waals surface area contributed by atoms with E-state index in [-0.39, 0.29) is 31.8 Å². The zero-order valence-corrected chi connectivity index (χ0v) is 25.1. The molecule has 2 bridgehead atoms. The molecule has 3 fully saturated rings. The maximum absolute atomic E-state index is 13.8. The third-order valence-electron chi connectivity index (χ3n) is 8.37. The van der Waals surface area contributed by atoms with Gasteiger partial charge in [0.2, 0.25) is 10.0 Å². The number of aryl methyl sites for hydroxylation is 1. The number of piperazine rings is 1. The highest BCUT2D eigenvalue weighted by molar-refractivity contribution is 7.92. The molecule has 5 rings (SSSR count). The second-order valence-corrected chi connectivity index (χ2v) is 13.7. The van der Waals surface area contributed by atoms with E-state index in [4.69, 9.17) is 5.11 Å². The Morgan fingerprint density at radius 2 is 1.74 bits per heavy atom. The third kappa shape index (κ3) is 6.78. The number of carbonyl (C=O) groups is 1. The number of aliphatic hydroxyl groups is 1. The largest absolute Gasteiger partial charge is 0.395 e. The van der Waals surface area contributed by atoms with E-state index < -0.39 is 28.3 Å². The maximum atomic E-state index is 13.8. The van der Waals surface area contributed by atoms with Gasteiger partial charge in [0.05, 0.1) is 29.3 Å². The molecule has 4 heterocycles. The minimum Gasteiger partial charge on any atom is -0.395 e. The minimum atomic E-state index is -3.76. The van der Waals surface area contributed by atoms with Crippen molar-refractivity contribution in [2.75, 3.05) is 58.4 Å². The van der Waals surface area contributed by atoms with Gasteiger partial charge in [-0.05, 0) is 57.9 Å². The highest BCUT2D eigenvalue weighted by Crippen LogP contribution is 2.37. The van der Waals surface area contributed by atoms with Crippen LogP contribution in [0, 0.1) is 6.92 Å². The Labute approximate surface area is 246 Å². The molecule has 0 aliphatic carbocycles. The molecule has 0 saturated carbocycles. The summed E-state index contributed by atoms with van der Waals surface area (Å²) < 4.78 is 54.7. The van der Waals surface area contributed by atoms with Crippen molar-refractivity contribution in [3.05, 3.63) is 41.6 Å². The molecular weight excluding hydrogens is 566 g/mol. The zero-order chi connectivity index (χ0) is 30.2. The van der Waals surface area contributed by atoms with Gasteiger partial charge in [0.15, 0.2) is 0 Å². The Morgan fingerprint density at radius 1 is 1.07 bits per heavy atom. The molecule has 1 aromatic heterocycles. The van der Waals surface area contributed by atoms with Gasteiger partial charge in [0.1, 0.15) is 5.82 Å². The monoisotopic (exact) mass is 606 g/mol. The molecule has 3 saturated heterocycles. The van der Waals surface area contributed by atoms with E-state index >= 15 is 0 Å². The minimum absolute atomic E-state index is 0.180. The van der Waals surface area contributed by atoms with Gasteiger partial charge in [-0.25, -0.2) is 22.2 Å². The van der Waals surface area contributed by atoms with Crippen molar-refractivity contribution in [2.45, 2.75) is 70.5 Å². The summed E-state index contributed by atoms with van der Waals surface area (Å²) in [5.41, 5.74) is 2.49. The first kappa shape index (κ1) is 30.4. The maximum Gasteiger partial charge on any atom is 0.257 e. The molecule has 13 heteroatoms. The standard InChI is InChI=1S/C29H40F2N6O4S/c1-19(2)37-23-5-6-24(37)18-36(17-23)26-15-21(34-42(40,41)13-12-38)4-7-25(26)28(39)33-22-14-20(3)32-27(16-22)35-10-8-29(30,31)9-11-35/h4,7,14-16,19,23-24,34,38H,5-6,8-13,17-18H2,1-3H3,(H,32,33,39)/t23-,24+. The molecule has 10 nitrogen and oxygen atoms in total. The molecular formula is C29H40F2N6O4S. The van der Waals surface area contributed by atoms with Crippen LogP contribution in [0.1, 0.15) is 55.6 Å². The van der Waals surface area contributed by atoms with E-state index in [9.17, 15) is 22.0 Å². The van der Waals surface area contributed by atoms with Crippen molar-refractivity contribution in [2.24, 2.45) is 0 Å². The van der Waals surface area contributed by atoms with Crippen LogP contribution in [-0.2, 0) is 10.0 Å². The Balaban J connectivity index is 1.42. The number of nitrogens with zero attached hydrogens (tertiary/aromatic N) is 4. The summed E-state index contributed by atoms with van der Waals surface area (Å²) in [6.07, 6.45) is 1.64. The Hall–Kier alpha value is -3.03. The van der Waals surface area contributed by atoms with Crippen LogP contribution in [0.4, 0.5) is 31.7 Å². The number of rotatable bonds is 9. The average molecular weight is 607 g/mol. The summed E-state index contributed by atoms with van der Waals surface area (Å²) >= 11 is 0. The molecule has 0 spiro atoms. The lowest BCUT2D eigenvalue weighted by molar-refractivity contribution is -0.0221. The number of anilines is 4. The molecule has 3 aliphatic rings. The zero-order valence-electron chi connectivity index (χ0n) is 24.3. The number of benzene rings is 1. The Kier molecular flexibility index (Phi) is 8.64. The molecule has 3 N–H and O–H groups in total. The van der Waals surface area contributed by atoms with Crippen LogP contribution in [0.25, 0.3) is 0 Å². The van der Waals surface area contributed by atoms with E-state index in [2.05, 4.69) is 38.7 Å². The predicted octanol–water partition coefficient (Wildman–Crippen LogP) is 3.67. The molecule has 2 aromatic rings. The number of aromatic nitrogens is 1. The number of aliphatic hydroxyl groups excluding tert-OH is 1. The molecule has 2 atom stereocenters. The first-order valence-electron chi connectivity index (χ1n) is 14.5. The van der Waals surface area contributed by atoms with Gasteiger partial charge in [0.25, 0.3) is 11.8 Å². The highest BCUT2D eigenvalue weighted by Gasteiger charge is 2.42. The van der Waals surface area contributed by atoms with Crippen molar-refractivity contribution in [3.8, 4) is 0 Å². The average Bonchev–Trinajstić information content (AvgIpc) is 3.18. The molecule has 1 aromatic carbocycles. The first-order valence-corrected chi connectivity index (χ1v) is 16.2. The molecule has 230 valence electrons. The van der Waals surface area contributed by atoms with E-state index in [0.717, 1.165) is 12.8 Å². The van der Waals surface area contributed by atoms with Crippen molar-refractivity contribution < 1.29 is 27.1 Å². The molecule has 42 heavy (non-hydrogen) atoms. The summed E-state index contributed by atoms with van der Waals surface area (Å²) in [5, 5.41) is 12.1. The SMILES string of the molecule is Cc1cc(NC(=O)c2ccc(NS(=O)(=O)CCO)cc2N2C[C@H]3CC[C@@H](C2)N3C(C)C)cc(N2CCC(F)(F)CC2)n1. The number of hydrogen-bond acceptors (Lipinski definition) is 8. The fourth-order valence-electron chi connectivity index (χ4n) is 6.52. The van der Waals surface area contributed by atoms with Crippen LogP contribution in [-0.4, -0.2) is 91.9 Å². The summed E-state index contributed by atoms with van der Waals surface area (Å²) in [7, 11) is -3.76. The smallest absolute Gasteiger partial charge is 0.257 e. The lowest BCUT2D eigenvalue weighted by atomic mass is 10.1. The fraction of sp³-hybridized carbons (Fsp3) is 0.586. The number of sulfonamides is 1. The van der Waals surface area contributed by atoms with Gasteiger partial charge >= 0.3 is 0 Å². The number of halogens is 2.